The average Bonchev–Trinajstić information content (AvgIpc) is 2.76. The fraction of sp³-hybridized carbons (Fsp3) is 0.409. The van der Waals surface area contributed by atoms with Crippen molar-refractivity contribution in [3.05, 3.63) is 53.6 Å². The third-order valence-electron chi connectivity index (χ3n) is 4.28. The molecule has 2 rings (SSSR count). The van der Waals surface area contributed by atoms with E-state index in [0.29, 0.717) is 42.7 Å². The van der Waals surface area contributed by atoms with Gasteiger partial charge in [0, 0.05) is 24.2 Å². The van der Waals surface area contributed by atoms with Crippen LogP contribution in [0, 0.1) is 0 Å². The fourth-order valence-corrected chi connectivity index (χ4v) is 2.84. The monoisotopic (exact) mass is 529 g/mol. The topological polar surface area (TPSA) is 84.3 Å². The van der Waals surface area contributed by atoms with E-state index in [2.05, 4.69) is 15.6 Å². The number of guanidine groups is 1. The molecule has 2 aromatic rings. The SMILES string of the molecule is CCNC(=NCc1ccccc1OCC)NCC(O)c1cc(OC)ccc1OC.I. The Bertz CT molecular complexity index is 802. The second-order valence-corrected chi connectivity index (χ2v) is 6.24. The normalized spacial score (nSPS) is 11.8. The van der Waals surface area contributed by atoms with Crippen LogP contribution in [0.2, 0.25) is 0 Å². The van der Waals surface area contributed by atoms with Gasteiger partial charge in [-0.05, 0) is 38.1 Å². The van der Waals surface area contributed by atoms with Gasteiger partial charge in [0.25, 0.3) is 0 Å². The second-order valence-electron chi connectivity index (χ2n) is 6.24. The molecule has 0 aliphatic carbocycles. The van der Waals surface area contributed by atoms with Crippen molar-refractivity contribution in [2.24, 2.45) is 4.99 Å². The van der Waals surface area contributed by atoms with Crippen molar-refractivity contribution >= 4 is 29.9 Å². The molecule has 0 saturated carbocycles. The van der Waals surface area contributed by atoms with Crippen LogP contribution in [0.4, 0.5) is 0 Å². The van der Waals surface area contributed by atoms with Gasteiger partial charge in [0.1, 0.15) is 17.2 Å². The van der Waals surface area contributed by atoms with Crippen molar-refractivity contribution in [1.82, 2.24) is 10.6 Å². The van der Waals surface area contributed by atoms with Gasteiger partial charge < -0.3 is 30.0 Å². The number of hydrogen-bond donors (Lipinski definition) is 3. The number of ether oxygens (including phenoxy) is 3. The summed E-state index contributed by atoms with van der Waals surface area (Å²) < 4.78 is 16.3. The maximum Gasteiger partial charge on any atom is 0.191 e. The highest BCUT2D eigenvalue weighted by atomic mass is 127. The van der Waals surface area contributed by atoms with E-state index in [-0.39, 0.29) is 30.5 Å². The van der Waals surface area contributed by atoms with Crippen molar-refractivity contribution in [3.8, 4) is 17.2 Å². The fourth-order valence-electron chi connectivity index (χ4n) is 2.84. The molecule has 8 heteroatoms. The van der Waals surface area contributed by atoms with E-state index in [1.807, 2.05) is 38.1 Å². The number of halogens is 1. The molecule has 1 unspecified atom stereocenters. The lowest BCUT2D eigenvalue weighted by Gasteiger charge is -2.18. The summed E-state index contributed by atoms with van der Waals surface area (Å²) in [5.74, 6) is 2.70. The number of nitrogens with one attached hydrogen (secondary N) is 2. The van der Waals surface area contributed by atoms with Crippen LogP contribution in [0.25, 0.3) is 0 Å². The lowest BCUT2D eigenvalue weighted by molar-refractivity contribution is 0.176. The number of hydrogen-bond acceptors (Lipinski definition) is 5. The second kappa shape index (κ2) is 13.9. The summed E-state index contributed by atoms with van der Waals surface area (Å²) in [7, 11) is 3.17. The van der Waals surface area contributed by atoms with Crippen LogP contribution in [0.15, 0.2) is 47.5 Å². The number of rotatable bonds is 10. The number of aliphatic hydroxyl groups is 1. The molecule has 1 atom stereocenters. The molecule has 7 nitrogen and oxygen atoms in total. The first kappa shape index (κ1) is 25.8. The predicted octanol–water partition coefficient (Wildman–Crippen LogP) is 3.51. The summed E-state index contributed by atoms with van der Waals surface area (Å²) in [6.07, 6.45) is -0.792. The molecule has 0 bridgehead atoms. The molecule has 0 fully saturated rings. The van der Waals surface area contributed by atoms with E-state index < -0.39 is 6.10 Å². The van der Waals surface area contributed by atoms with Gasteiger partial charge in [0.05, 0.1) is 33.5 Å². The number of aliphatic imine (C=N–C) groups is 1. The summed E-state index contributed by atoms with van der Waals surface area (Å²) >= 11 is 0. The predicted molar refractivity (Wildman–Crippen MR) is 130 cm³/mol. The van der Waals surface area contributed by atoms with E-state index in [9.17, 15) is 5.11 Å². The molecule has 0 radical (unpaired) electrons. The molecule has 0 aliphatic rings. The Hall–Kier alpha value is -2.20. The summed E-state index contributed by atoms with van der Waals surface area (Å²) in [6.45, 7) is 5.99. The minimum Gasteiger partial charge on any atom is -0.497 e. The summed E-state index contributed by atoms with van der Waals surface area (Å²) in [5, 5.41) is 17.0. The molecule has 0 aliphatic heterocycles. The third kappa shape index (κ3) is 7.56. The zero-order chi connectivity index (χ0) is 21.1. The number of aliphatic hydroxyl groups excluding tert-OH is 1. The largest absolute Gasteiger partial charge is 0.497 e. The molecule has 166 valence electrons. The molecule has 30 heavy (non-hydrogen) atoms. The minimum atomic E-state index is -0.792. The standard InChI is InChI=1S/C22H31N3O4.HI/c1-5-23-22(24-14-16-9-7-8-10-20(16)29-6-2)25-15-19(26)18-13-17(27-3)11-12-21(18)28-4;/h7-13,19,26H,5-6,14-15H2,1-4H3,(H2,23,24,25);1H. The highest BCUT2D eigenvalue weighted by Gasteiger charge is 2.15. The molecule has 0 aromatic heterocycles. The van der Waals surface area contributed by atoms with Gasteiger partial charge in [-0.2, -0.15) is 0 Å². The van der Waals surface area contributed by atoms with Gasteiger partial charge >= 0.3 is 0 Å². The summed E-state index contributed by atoms with van der Waals surface area (Å²) in [4.78, 5) is 4.62. The Kier molecular flexibility index (Phi) is 12.0. The highest BCUT2D eigenvalue weighted by molar-refractivity contribution is 14.0. The lowest BCUT2D eigenvalue weighted by Crippen LogP contribution is -2.39. The number of nitrogens with zero attached hydrogens (tertiary/aromatic N) is 1. The van der Waals surface area contributed by atoms with Gasteiger partial charge in [-0.15, -0.1) is 24.0 Å². The van der Waals surface area contributed by atoms with Crippen LogP contribution < -0.4 is 24.8 Å². The van der Waals surface area contributed by atoms with E-state index in [4.69, 9.17) is 14.2 Å². The molecular formula is C22H32IN3O4. The van der Waals surface area contributed by atoms with Crippen molar-refractivity contribution in [3.63, 3.8) is 0 Å². The maximum atomic E-state index is 10.7. The van der Waals surface area contributed by atoms with Crippen molar-refractivity contribution in [2.45, 2.75) is 26.5 Å². The summed E-state index contributed by atoms with van der Waals surface area (Å²) in [5.41, 5.74) is 1.65. The first-order valence-electron chi connectivity index (χ1n) is 9.75. The van der Waals surface area contributed by atoms with Crippen molar-refractivity contribution < 1.29 is 19.3 Å². The Morgan fingerprint density at radius 2 is 1.80 bits per heavy atom. The van der Waals surface area contributed by atoms with E-state index in [1.54, 1.807) is 32.4 Å². The Morgan fingerprint density at radius 1 is 1.03 bits per heavy atom. The van der Waals surface area contributed by atoms with Gasteiger partial charge in [-0.3, -0.25) is 0 Å². The van der Waals surface area contributed by atoms with Gasteiger partial charge in [0.15, 0.2) is 5.96 Å². The van der Waals surface area contributed by atoms with Gasteiger partial charge in [0.2, 0.25) is 0 Å². The minimum absolute atomic E-state index is 0. The Balaban J connectivity index is 0.00000450. The van der Waals surface area contributed by atoms with Gasteiger partial charge in [-0.25, -0.2) is 4.99 Å². The molecule has 0 heterocycles. The van der Waals surface area contributed by atoms with Crippen LogP contribution >= 0.6 is 24.0 Å². The van der Waals surface area contributed by atoms with Crippen LogP contribution in [-0.4, -0.2) is 45.0 Å². The van der Waals surface area contributed by atoms with Crippen molar-refractivity contribution in [2.75, 3.05) is 33.9 Å². The molecule has 0 spiro atoms. The number of benzene rings is 2. The Morgan fingerprint density at radius 3 is 2.47 bits per heavy atom. The third-order valence-corrected chi connectivity index (χ3v) is 4.28. The molecule has 0 amide bonds. The molecule has 3 N–H and O–H groups in total. The number of methoxy groups -OCH3 is 2. The highest BCUT2D eigenvalue weighted by Crippen LogP contribution is 2.29. The first-order chi connectivity index (χ1) is 14.1. The smallest absolute Gasteiger partial charge is 0.191 e. The van der Waals surface area contributed by atoms with E-state index in [0.717, 1.165) is 11.3 Å². The molecular weight excluding hydrogens is 497 g/mol. The van der Waals surface area contributed by atoms with E-state index >= 15 is 0 Å². The zero-order valence-electron chi connectivity index (χ0n) is 18.0. The quantitative estimate of drug-likeness (QED) is 0.248. The van der Waals surface area contributed by atoms with E-state index in [1.165, 1.54) is 0 Å². The Labute approximate surface area is 195 Å². The summed E-state index contributed by atoms with van der Waals surface area (Å²) in [6, 6.07) is 13.2. The van der Waals surface area contributed by atoms with Crippen LogP contribution in [-0.2, 0) is 6.54 Å². The average molecular weight is 529 g/mol. The van der Waals surface area contributed by atoms with Crippen LogP contribution in [0.1, 0.15) is 31.1 Å². The first-order valence-corrected chi connectivity index (χ1v) is 9.75. The zero-order valence-corrected chi connectivity index (χ0v) is 20.3. The van der Waals surface area contributed by atoms with Crippen LogP contribution in [0.5, 0.6) is 17.2 Å². The number of para-hydroxylation sites is 1. The maximum absolute atomic E-state index is 10.7. The van der Waals surface area contributed by atoms with Crippen LogP contribution in [0.3, 0.4) is 0 Å². The molecule has 0 saturated heterocycles. The molecule has 2 aromatic carbocycles. The van der Waals surface area contributed by atoms with Gasteiger partial charge in [-0.1, -0.05) is 18.2 Å². The lowest BCUT2D eigenvalue weighted by atomic mass is 10.1. The van der Waals surface area contributed by atoms with Crippen molar-refractivity contribution in [1.29, 1.82) is 0 Å².